The number of carbonyl (C=O) groups is 2. The molecule has 174 valence electrons. The molecule has 0 aliphatic heterocycles. The van der Waals surface area contributed by atoms with Crippen LogP contribution in [0.25, 0.3) is 0 Å². The molecule has 0 aliphatic carbocycles. The van der Waals surface area contributed by atoms with Gasteiger partial charge in [0, 0.05) is 12.0 Å². The first-order valence-corrected chi connectivity index (χ1v) is 10.5. The van der Waals surface area contributed by atoms with Gasteiger partial charge in [0.1, 0.15) is 5.01 Å². The third-order valence-corrected chi connectivity index (χ3v) is 5.41. The Morgan fingerprint density at radius 2 is 1.97 bits per heavy atom. The molecule has 1 aromatic carbocycles. The van der Waals surface area contributed by atoms with Crippen LogP contribution >= 0.6 is 11.3 Å². The topological polar surface area (TPSA) is 106 Å². The first-order valence-electron chi connectivity index (χ1n) is 9.65. The zero-order valence-electron chi connectivity index (χ0n) is 17.9. The van der Waals surface area contributed by atoms with E-state index >= 15 is 0 Å². The molecule has 1 heterocycles. The van der Waals surface area contributed by atoms with Gasteiger partial charge in [0.25, 0.3) is 5.91 Å². The van der Waals surface area contributed by atoms with Crippen LogP contribution in [0.5, 0.6) is 5.75 Å². The molecule has 0 saturated carbocycles. The highest BCUT2D eigenvalue weighted by Gasteiger charge is 2.32. The molecule has 8 nitrogen and oxygen atoms in total. The highest BCUT2D eigenvalue weighted by atomic mass is 32.1. The van der Waals surface area contributed by atoms with Gasteiger partial charge in [-0.15, -0.1) is 0 Å². The van der Waals surface area contributed by atoms with Gasteiger partial charge in [-0.2, -0.15) is 23.3 Å². The van der Waals surface area contributed by atoms with Gasteiger partial charge in [0.15, 0.2) is 12.0 Å². The standard InChI is InChI=1S/C20H23F3N4O4S/c1-5-6-9-27-18(32-17(26-27)19(2,3)4)25-16(30)13-10-12(20(21,22)23)7-8-14(13)31-24-11-15(28)29/h7-8,10-11H,5-6,9H2,1-4H3,(H,28,29)/b24-11?,25-18-. The molecule has 0 unspecified atom stereocenters. The summed E-state index contributed by atoms with van der Waals surface area (Å²) in [5, 5.41) is 17.0. The highest BCUT2D eigenvalue weighted by Crippen LogP contribution is 2.33. The molecule has 2 rings (SSSR count). The first kappa shape index (κ1) is 25.2. The quantitative estimate of drug-likeness (QED) is 0.479. The molecule has 1 aromatic heterocycles. The summed E-state index contributed by atoms with van der Waals surface area (Å²) in [5.74, 6) is -2.78. The van der Waals surface area contributed by atoms with Crippen molar-refractivity contribution in [3.8, 4) is 5.75 Å². The number of unbranched alkanes of at least 4 members (excludes halogenated alkanes) is 1. The molecular formula is C20H23F3N4O4S. The van der Waals surface area contributed by atoms with E-state index in [4.69, 9.17) is 9.94 Å². The lowest BCUT2D eigenvalue weighted by molar-refractivity contribution is -0.137. The van der Waals surface area contributed by atoms with Crippen LogP contribution in [0.1, 0.15) is 61.5 Å². The van der Waals surface area contributed by atoms with Crippen molar-refractivity contribution in [3.05, 3.63) is 39.1 Å². The number of carboxylic acids is 1. The number of hydrogen-bond acceptors (Lipinski definition) is 6. The van der Waals surface area contributed by atoms with Gasteiger partial charge in [-0.25, -0.2) is 9.48 Å². The van der Waals surface area contributed by atoms with Gasteiger partial charge in [0.05, 0.1) is 11.1 Å². The Bertz CT molecular complexity index is 1080. The minimum absolute atomic E-state index is 0.241. The van der Waals surface area contributed by atoms with Crippen molar-refractivity contribution < 1.29 is 32.7 Å². The summed E-state index contributed by atoms with van der Waals surface area (Å²) in [7, 11) is 0. The van der Waals surface area contributed by atoms with E-state index in [1.54, 1.807) is 4.68 Å². The number of oxime groups is 1. The average Bonchev–Trinajstić information content (AvgIpc) is 3.08. The van der Waals surface area contributed by atoms with Crippen LogP contribution in [0.3, 0.4) is 0 Å². The second-order valence-electron chi connectivity index (χ2n) is 7.81. The molecule has 12 heteroatoms. The molecule has 0 fully saturated rings. The Morgan fingerprint density at radius 3 is 2.53 bits per heavy atom. The summed E-state index contributed by atoms with van der Waals surface area (Å²) in [6.07, 6.45) is -2.66. The van der Waals surface area contributed by atoms with Crippen molar-refractivity contribution >= 4 is 29.4 Å². The van der Waals surface area contributed by atoms with Crippen LogP contribution in [-0.2, 0) is 22.9 Å². The first-order chi connectivity index (χ1) is 14.8. The summed E-state index contributed by atoms with van der Waals surface area (Å²) >= 11 is 1.17. The van der Waals surface area contributed by atoms with E-state index in [-0.39, 0.29) is 16.0 Å². The molecule has 2 aromatic rings. The number of halogens is 3. The largest absolute Gasteiger partial charge is 0.477 e. The SMILES string of the molecule is CCCCn1nc(C(C)(C)C)s/c1=N\C(=O)c1cc(C(F)(F)F)ccc1ON=CC(=O)O. The number of aliphatic carboxylic acids is 1. The maximum atomic E-state index is 13.2. The lowest BCUT2D eigenvalue weighted by atomic mass is 9.98. The number of aromatic nitrogens is 2. The van der Waals surface area contributed by atoms with Crippen molar-refractivity contribution in [2.75, 3.05) is 0 Å². The minimum Gasteiger partial charge on any atom is -0.477 e. The highest BCUT2D eigenvalue weighted by molar-refractivity contribution is 7.09. The molecule has 0 bridgehead atoms. The molecule has 0 aliphatic rings. The van der Waals surface area contributed by atoms with E-state index in [1.165, 1.54) is 11.3 Å². The Hall–Kier alpha value is -3.02. The van der Waals surface area contributed by atoms with Gasteiger partial charge in [-0.1, -0.05) is 50.6 Å². The van der Waals surface area contributed by atoms with E-state index in [9.17, 15) is 22.8 Å². The molecular weight excluding hydrogens is 449 g/mol. The fourth-order valence-electron chi connectivity index (χ4n) is 2.38. The fraction of sp³-hybridized carbons (Fsp3) is 0.450. The van der Waals surface area contributed by atoms with Crippen molar-refractivity contribution in [2.24, 2.45) is 10.1 Å². The predicted octanol–water partition coefficient (Wildman–Crippen LogP) is 4.25. The van der Waals surface area contributed by atoms with Crippen molar-refractivity contribution in [1.82, 2.24) is 9.78 Å². The summed E-state index contributed by atoms with van der Waals surface area (Å²) in [5.41, 5.74) is -1.90. The Morgan fingerprint density at radius 1 is 1.28 bits per heavy atom. The molecule has 0 saturated heterocycles. The number of amides is 1. The van der Waals surface area contributed by atoms with E-state index in [0.717, 1.165) is 18.9 Å². The normalized spacial score (nSPS) is 13.0. The minimum atomic E-state index is -4.71. The van der Waals surface area contributed by atoms with Crippen molar-refractivity contribution in [3.63, 3.8) is 0 Å². The van der Waals surface area contributed by atoms with Gasteiger partial charge in [-0.05, 0) is 24.6 Å². The van der Waals surface area contributed by atoms with E-state index in [0.29, 0.717) is 29.9 Å². The molecule has 0 spiro atoms. The third kappa shape index (κ3) is 6.74. The number of carboxylic acid groups (broad SMARTS) is 1. The number of aryl methyl sites for hydroxylation is 1. The molecule has 0 radical (unpaired) electrons. The van der Waals surface area contributed by atoms with Crippen LogP contribution < -0.4 is 9.64 Å². The average molecular weight is 472 g/mol. The third-order valence-electron chi connectivity index (χ3n) is 4.03. The monoisotopic (exact) mass is 472 g/mol. The second kappa shape index (κ2) is 10.1. The number of alkyl halides is 3. The van der Waals surface area contributed by atoms with E-state index < -0.39 is 29.2 Å². The van der Waals surface area contributed by atoms with Crippen LogP contribution in [0.15, 0.2) is 28.3 Å². The maximum absolute atomic E-state index is 13.2. The summed E-state index contributed by atoms with van der Waals surface area (Å²) in [4.78, 5) is 32.5. The second-order valence-corrected chi connectivity index (χ2v) is 8.76. The van der Waals surface area contributed by atoms with Crippen molar-refractivity contribution in [1.29, 1.82) is 0 Å². The number of benzene rings is 1. The number of rotatable bonds is 7. The zero-order valence-corrected chi connectivity index (χ0v) is 18.8. The van der Waals surface area contributed by atoms with Gasteiger partial charge in [0.2, 0.25) is 4.80 Å². The number of hydrogen-bond donors (Lipinski definition) is 1. The summed E-state index contributed by atoms with van der Waals surface area (Å²) < 4.78 is 41.1. The summed E-state index contributed by atoms with van der Waals surface area (Å²) in [6.45, 7) is 8.32. The van der Waals surface area contributed by atoms with Crippen LogP contribution in [0, 0.1) is 0 Å². The molecule has 32 heavy (non-hydrogen) atoms. The van der Waals surface area contributed by atoms with Gasteiger partial charge >= 0.3 is 12.1 Å². The molecule has 1 N–H and O–H groups in total. The fourth-order valence-corrected chi connectivity index (χ4v) is 3.36. The molecule has 1 amide bonds. The number of nitrogens with zero attached hydrogens (tertiary/aromatic N) is 4. The Balaban J connectivity index is 2.58. The number of carbonyl (C=O) groups excluding carboxylic acids is 1. The summed E-state index contributed by atoms with van der Waals surface area (Å²) in [6, 6.07) is 2.19. The van der Waals surface area contributed by atoms with Crippen LogP contribution in [-0.4, -0.2) is 33.0 Å². The molecule has 0 atom stereocenters. The van der Waals surface area contributed by atoms with Gasteiger partial charge in [-0.3, -0.25) is 4.79 Å². The van der Waals surface area contributed by atoms with Crippen LogP contribution in [0.4, 0.5) is 13.2 Å². The van der Waals surface area contributed by atoms with Crippen molar-refractivity contribution in [2.45, 2.75) is 58.7 Å². The zero-order chi connectivity index (χ0) is 24.1. The lowest BCUT2D eigenvalue weighted by Crippen LogP contribution is -2.19. The van der Waals surface area contributed by atoms with E-state index in [2.05, 4.69) is 15.2 Å². The lowest BCUT2D eigenvalue weighted by Gasteiger charge is -2.12. The Kier molecular flexibility index (Phi) is 7.94. The predicted molar refractivity (Wildman–Crippen MR) is 112 cm³/mol. The smallest absolute Gasteiger partial charge is 0.416 e. The maximum Gasteiger partial charge on any atom is 0.416 e. The van der Waals surface area contributed by atoms with Crippen LogP contribution in [0.2, 0.25) is 0 Å². The van der Waals surface area contributed by atoms with E-state index in [1.807, 2.05) is 27.7 Å². The van der Waals surface area contributed by atoms with Gasteiger partial charge < -0.3 is 9.94 Å². The Labute approximate surface area is 186 Å².